The number of halogens is 2. The van der Waals surface area contributed by atoms with Crippen molar-refractivity contribution in [1.29, 1.82) is 0 Å². The van der Waals surface area contributed by atoms with Gasteiger partial charge in [0.2, 0.25) is 17.8 Å². The highest BCUT2D eigenvalue weighted by Crippen LogP contribution is 2.26. The Hall–Kier alpha value is -3.77. The summed E-state index contributed by atoms with van der Waals surface area (Å²) < 4.78 is 26.7. The first-order chi connectivity index (χ1) is 17.9. The lowest BCUT2D eigenvalue weighted by Gasteiger charge is -2.32. The molecule has 2 N–H and O–H groups in total. The molecular formula is C25H23F2N7O2S. The molecule has 9 nitrogen and oxygen atoms in total. The molecule has 0 spiro atoms. The lowest BCUT2D eigenvalue weighted by molar-refractivity contribution is -0.115. The zero-order chi connectivity index (χ0) is 25.8. The van der Waals surface area contributed by atoms with E-state index in [-0.39, 0.29) is 5.24 Å². The van der Waals surface area contributed by atoms with Crippen LogP contribution in [-0.2, 0) is 11.3 Å². The van der Waals surface area contributed by atoms with Crippen LogP contribution >= 0.6 is 11.8 Å². The number of hydrogen-bond acceptors (Lipinski definition) is 9. The van der Waals surface area contributed by atoms with Crippen molar-refractivity contribution in [3.63, 3.8) is 0 Å². The van der Waals surface area contributed by atoms with Gasteiger partial charge in [-0.3, -0.25) is 19.9 Å². The van der Waals surface area contributed by atoms with Gasteiger partial charge in [-0.25, -0.2) is 9.97 Å². The SMILES string of the molecule is O=C1NC(=O)/C(=C/c2ccnc(N3CCC(CNCc4ccc(-c5cc(F)nc(F)c5)nc4)CC3)n2)S1. The van der Waals surface area contributed by atoms with Crippen LogP contribution in [0.1, 0.15) is 24.1 Å². The maximum absolute atomic E-state index is 13.3. The molecule has 2 fully saturated rings. The maximum atomic E-state index is 13.3. The molecule has 2 amide bonds. The van der Waals surface area contributed by atoms with Crippen LogP contribution in [0.3, 0.4) is 0 Å². The van der Waals surface area contributed by atoms with Crippen molar-refractivity contribution < 1.29 is 18.4 Å². The van der Waals surface area contributed by atoms with Crippen LogP contribution in [0.5, 0.6) is 0 Å². The number of imide groups is 1. The summed E-state index contributed by atoms with van der Waals surface area (Å²) in [5.74, 6) is -1.05. The molecular weight excluding hydrogens is 500 g/mol. The number of thioether (sulfide) groups is 1. The number of carbonyl (C=O) groups excluding carboxylic acids is 2. The van der Waals surface area contributed by atoms with Gasteiger partial charge in [0, 0.05) is 49.7 Å². The lowest BCUT2D eigenvalue weighted by atomic mass is 9.97. The van der Waals surface area contributed by atoms with E-state index in [1.165, 1.54) is 0 Å². The third-order valence-electron chi connectivity index (χ3n) is 6.13. The van der Waals surface area contributed by atoms with Crippen LogP contribution in [0.25, 0.3) is 17.3 Å². The predicted molar refractivity (Wildman–Crippen MR) is 135 cm³/mol. The molecule has 190 valence electrons. The fourth-order valence-corrected chi connectivity index (χ4v) is 4.89. The first kappa shape index (κ1) is 24.9. The molecule has 37 heavy (non-hydrogen) atoms. The predicted octanol–water partition coefficient (Wildman–Crippen LogP) is 3.54. The summed E-state index contributed by atoms with van der Waals surface area (Å²) >= 11 is 0.864. The smallest absolute Gasteiger partial charge is 0.290 e. The highest BCUT2D eigenvalue weighted by molar-refractivity contribution is 8.18. The summed E-state index contributed by atoms with van der Waals surface area (Å²) in [5, 5.41) is 5.32. The highest BCUT2D eigenvalue weighted by Gasteiger charge is 2.25. The molecule has 2 saturated heterocycles. The van der Waals surface area contributed by atoms with Crippen molar-refractivity contribution >= 4 is 34.9 Å². The number of carbonyl (C=O) groups is 2. The van der Waals surface area contributed by atoms with E-state index >= 15 is 0 Å². The molecule has 0 radical (unpaired) electrons. The minimum Gasteiger partial charge on any atom is -0.341 e. The second-order valence-electron chi connectivity index (χ2n) is 8.75. The number of anilines is 1. The molecule has 0 unspecified atom stereocenters. The highest BCUT2D eigenvalue weighted by atomic mass is 32.2. The molecule has 5 rings (SSSR count). The van der Waals surface area contributed by atoms with Gasteiger partial charge in [0.25, 0.3) is 11.1 Å². The van der Waals surface area contributed by atoms with Crippen LogP contribution < -0.4 is 15.5 Å². The largest absolute Gasteiger partial charge is 0.341 e. The summed E-state index contributed by atoms with van der Waals surface area (Å²) in [5.41, 5.74) is 2.39. The van der Waals surface area contributed by atoms with E-state index in [9.17, 15) is 18.4 Å². The topological polar surface area (TPSA) is 113 Å². The number of piperidine rings is 1. The molecule has 0 saturated carbocycles. The minimum absolute atomic E-state index is 0.324. The van der Waals surface area contributed by atoms with Crippen LogP contribution in [0, 0.1) is 17.8 Å². The molecule has 0 aromatic carbocycles. The molecule has 0 bridgehead atoms. The monoisotopic (exact) mass is 523 g/mol. The van der Waals surface area contributed by atoms with Crippen molar-refractivity contribution in [2.24, 2.45) is 5.92 Å². The molecule has 3 aromatic rings. The molecule has 2 aliphatic heterocycles. The Labute approximate surface area is 215 Å². The van der Waals surface area contributed by atoms with Gasteiger partial charge in [0.05, 0.1) is 16.3 Å². The number of pyridine rings is 2. The Kier molecular flexibility index (Phi) is 7.47. The second kappa shape index (κ2) is 11.1. The van der Waals surface area contributed by atoms with Gasteiger partial charge in [0.1, 0.15) is 0 Å². The molecule has 12 heteroatoms. The van der Waals surface area contributed by atoms with Crippen LogP contribution in [-0.4, -0.2) is 50.7 Å². The van der Waals surface area contributed by atoms with E-state index in [4.69, 9.17) is 0 Å². The molecule has 2 aliphatic rings. The zero-order valence-electron chi connectivity index (χ0n) is 19.7. The van der Waals surface area contributed by atoms with Gasteiger partial charge in [-0.1, -0.05) is 6.07 Å². The lowest BCUT2D eigenvalue weighted by Crippen LogP contribution is -2.38. The number of nitrogens with zero attached hydrogens (tertiary/aromatic N) is 5. The third kappa shape index (κ3) is 6.33. The van der Waals surface area contributed by atoms with Crippen molar-refractivity contribution in [1.82, 2.24) is 30.6 Å². The molecule has 0 aliphatic carbocycles. The van der Waals surface area contributed by atoms with Gasteiger partial charge in [0.15, 0.2) is 0 Å². The van der Waals surface area contributed by atoms with Crippen molar-refractivity contribution in [3.8, 4) is 11.3 Å². The van der Waals surface area contributed by atoms with Gasteiger partial charge < -0.3 is 10.2 Å². The second-order valence-corrected chi connectivity index (χ2v) is 9.76. The van der Waals surface area contributed by atoms with E-state index in [0.29, 0.717) is 40.3 Å². The summed E-state index contributed by atoms with van der Waals surface area (Å²) in [6, 6.07) is 7.65. The zero-order valence-corrected chi connectivity index (χ0v) is 20.5. The van der Waals surface area contributed by atoms with Gasteiger partial charge >= 0.3 is 0 Å². The Morgan fingerprint density at radius 2 is 1.86 bits per heavy atom. The Bertz CT molecular complexity index is 1320. The van der Waals surface area contributed by atoms with Crippen molar-refractivity contribution in [3.05, 3.63) is 70.8 Å². The first-order valence-electron chi connectivity index (χ1n) is 11.7. The summed E-state index contributed by atoms with van der Waals surface area (Å²) in [4.78, 5) is 41.9. The van der Waals surface area contributed by atoms with Crippen LogP contribution in [0.15, 0.2) is 47.6 Å². The van der Waals surface area contributed by atoms with E-state index in [2.05, 4.69) is 35.5 Å². The number of aromatic nitrogens is 4. The molecule has 5 heterocycles. The normalized spacial score (nSPS) is 17.5. The maximum Gasteiger partial charge on any atom is 0.290 e. The molecule has 0 atom stereocenters. The summed E-state index contributed by atoms with van der Waals surface area (Å²) in [7, 11) is 0. The quantitative estimate of drug-likeness (QED) is 0.355. The Morgan fingerprint density at radius 1 is 1.08 bits per heavy atom. The van der Waals surface area contributed by atoms with E-state index in [0.717, 1.165) is 61.9 Å². The number of rotatable bonds is 7. The number of amides is 2. The van der Waals surface area contributed by atoms with Crippen molar-refractivity contribution in [2.45, 2.75) is 19.4 Å². The fourth-order valence-electron chi connectivity index (χ4n) is 4.22. The number of hydrogen-bond donors (Lipinski definition) is 2. The van der Waals surface area contributed by atoms with Gasteiger partial charge in [-0.05, 0) is 60.8 Å². The standard InChI is InChI=1S/C25H23F2N7O2S/c26-21-9-17(10-22(27)32-21)19-2-1-16(14-30-19)13-28-12-15-4-7-34(8-5-15)24-29-6-3-18(31-24)11-20-23(35)33-25(36)37-20/h1-3,6,9-11,14-15,28H,4-5,7-8,12-13H2,(H,33,35,36)/b20-11-. The average molecular weight is 524 g/mol. The number of nitrogens with one attached hydrogen (secondary N) is 2. The average Bonchev–Trinajstić information content (AvgIpc) is 3.20. The summed E-state index contributed by atoms with van der Waals surface area (Å²) in [6.45, 7) is 3.12. The fraction of sp³-hybridized carbons (Fsp3) is 0.280. The van der Waals surface area contributed by atoms with Crippen molar-refractivity contribution in [2.75, 3.05) is 24.5 Å². The van der Waals surface area contributed by atoms with Gasteiger partial charge in [-0.2, -0.15) is 13.8 Å². The molecule has 3 aromatic heterocycles. The van der Waals surface area contributed by atoms with Crippen LogP contribution in [0.4, 0.5) is 19.5 Å². The summed E-state index contributed by atoms with van der Waals surface area (Å²) in [6.07, 6.45) is 6.91. The Morgan fingerprint density at radius 3 is 2.54 bits per heavy atom. The third-order valence-corrected chi connectivity index (χ3v) is 6.94. The van der Waals surface area contributed by atoms with Gasteiger partial charge in [-0.15, -0.1) is 0 Å². The van der Waals surface area contributed by atoms with E-state index < -0.39 is 17.8 Å². The minimum atomic E-state index is -0.875. The van der Waals surface area contributed by atoms with Crippen LogP contribution in [0.2, 0.25) is 0 Å². The Balaban J connectivity index is 1.09. The first-order valence-corrected chi connectivity index (χ1v) is 12.6. The van der Waals surface area contributed by atoms with E-state index in [1.54, 1.807) is 30.6 Å². The van der Waals surface area contributed by atoms with E-state index in [1.807, 2.05) is 6.07 Å².